The van der Waals surface area contributed by atoms with Crippen molar-refractivity contribution in [2.75, 3.05) is 5.32 Å². The molecule has 4 heteroatoms. The highest BCUT2D eigenvalue weighted by molar-refractivity contribution is 9.10. The molecule has 0 bridgehead atoms. The molecular weight excluding hydrogens is 308 g/mol. The first-order chi connectivity index (χ1) is 8.65. The standard InChI is InChI=1S/C14H17BrN2S/c1-14(7-3-2-4-8-14)17-13-16-11-9-10(15)5-6-12(11)18-13/h5-6,9H,2-4,7-8H2,1H3,(H,16,17). The molecule has 0 radical (unpaired) electrons. The summed E-state index contributed by atoms with van der Waals surface area (Å²) in [6, 6.07) is 6.29. The number of fused-ring (bicyclic) bond motifs is 1. The first-order valence-electron chi connectivity index (χ1n) is 6.49. The van der Waals surface area contributed by atoms with Crippen molar-refractivity contribution in [3.63, 3.8) is 0 Å². The lowest BCUT2D eigenvalue weighted by molar-refractivity contribution is 0.349. The minimum atomic E-state index is 0.239. The Morgan fingerprint density at radius 1 is 1.28 bits per heavy atom. The van der Waals surface area contributed by atoms with Crippen molar-refractivity contribution in [3.8, 4) is 0 Å². The van der Waals surface area contributed by atoms with E-state index >= 15 is 0 Å². The van der Waals surface area contributed by atoms with Crippen molar-refractivity contribution in [1.82, 2.24) is 4.98 Å². The molecule has 1 aliphatic carbocycles. The molecule has 0 unspecified atom stereocenters. The summed E-state index contributed by atoms with van der Waals surface area (Å²) < 4.78 is 2.34. The van der Waals surface area contributed by atoms with E-state index in [9.17, 15) is 0 Å². The Balaban J connectivity index is 1.86. The Morgan fingerprint density at radius 3 is 2.83 bits per heavy atom. The van der Waals surface area contributed by atoms with E-state index in [1.54, 1.807) is 11.3 Å². The minimum Gasteiger partial charge on any atom is -0.356 e. The zero-order valence-electron chi connectivity index (χ0n) is 10.5. The predicted octanol–water partition coefficient (Wildman–Crippen LogP) is 5.19. The van der Waals surface area contributed by atoms with Gasteiger partial charge in [0.25, 0.3) is 0 Å². The van der Waals surface area contributed by atoms with Crippen LogP contribution in [0.2, 0.25) is 0 Å². The van der Waals surface area contributed by atoms with Crippen LogP contribution in [0.15, 0.2) is 22.7 Å². The lowest BCUT2D eigenvalue weighted by Gasteiger charge is -2.34. The van der Waals surface area contributed by atoms with Gasteiger partial charge in [0.1, 0.15) is 0 Å². The monoisotopic (exact) mass is 324 g/mol. The van der Waals surface area contributed by atoms with Crippen LogP contribution in [0.1, 0.15) is 39.0 Å². The topological polar surface area (TPSA) is 24.9 Å². The highest BCUT2D eigenvalue weighted by Crippen LogP contribution is 2.34. The van der Waals surface area contributed by atoms with Crippen LogP contribution >= 0.6 is 27.3 Å². The van der Waals surface area contributed by atoms with Crippen LogP contribution < -0.4 is 5.32 Å². The van der Waals surface area contributed by atoms with Gasteiger partial charge in [-0.1, -0.05) is 46.5 Å². The lowest BCUT2D eigenvalue weighted by Crippen LogP contribution is -2.36. The number of anilines is 1. The van der Waals surface area contributed by atoms with Crippen molar-refractivity contribution in [2.24, 2.45) is 0 Å². The van der Waals surface area contributed by atoms with Crippen LogP contribution in [0.5, 0.6) is 0 Å². The average molecular weight is 325 g/mol. The molecule has 1 aliphatic rings. The molecule has 3 rings (SSSR count). The largest absolute Gasteiger partial charge is 0.356 e. The molecule has 0 amide bonds. The fraction of sp³-hybridized carbons (Fsp3) is 0.500. The molecule has 0 atom stereocenters. The molecule has 2 nitrogen and oxygen atoms in total. The molecule has 1 aromatic carbocycles. The molecule has 1 N–H and O–H groups in total. The number of nitrogens with one attached hydrogen (secondary N) is 1. The summed E-state index contributed by atoms with van der Waals surface area (Å²) in [6.07, 6.45) is 6.56. The third-order valence-electron chi connectivity index (χ3n) is 3.72. The predicted molar refractivity (Wildman–Crippen MR) is 82.4 cm³/mol. The number of hydrogen-bond donors (Lipinski definition) is 1. The third-order valence-corrected chi connectivity index (χ3v) is 5.16. The highest BCUT2D eigenvalue weighted by Gasteiger charge is 2.27. The van der Waals surface area contributed by atoms with Crippen LogP contribution in [0, 0.1) is 0 Å². The first-order valence-corrected chi connectivity index (χ1v) is 8.10. The Hall–Kier alpha value is -0.610. The van der Waals surface area contributed by atoms with Gasteiger partial charge in [-0.05, 0) is 38.0 Å². The number of halogens is 1. The van der Waals surface area contributed by atoms with Gasteiger partial charge in [0.05, 0.1) is 10.2 Å². The van der Waals surface area contributed by atoms with E-state index in [4.69, 9.17) is 4.98 Å². The Kier molecular flexibility index (Phi) is 3.32. The molecular formula is C14H17BrN2S. The van der Waals surface area contributed by atoms with E-state index < -0.39 is 0 Å². The fourth-order valence-electron chi connectivity index (χ4n) is 2.67. The van der Waals surface area contributed by atoms with Crippen molar-refractivity contribution in [2.45, 2.75) is 44.6 Å². The van der Waals surface area contributed by atoms with Crippen LogP contribution in [-0.2, 0) is 0 Å². The maximum atomic E-state index is 4.69. The van der Waals surface area contributed by atoms with Gasteiger partial charge >= 0.3 is 0 Å². The molecule has 1 saturated carbocycles. The minimum absolute atomic E-state index is 0.239. The third kappa shape index (κ3) is 2.54. The van der Waals surface area contributed by atoms with Crippen LogP contribution in [0.3, 0.4) is 0 Å². The van der Waals surface area contributed by atoms with E-state index in [0.717, 1.165) is 15.1 Å². The SMILES string of the molecule is CC1(Nc2nc3cc(Br)ccc3s2)CCCCC1. The summed E-state index contributed by atoms with van der Waals surface area (Å²) in [5.74, 6) is 0. The summed E-state index contributed by atoms with van der Waals surface area (Å²) in [6.45, 7) is 2.33. The van der Waals surface area contributed by atoms with Crippen molar-refractivity contribution in [3.05, 3.63) is 22.7 Å². The van der Waals surface area contributed by atoms with Gasteiger partial charge in [-0.15, -0.1) is 0 Å². The number of aromatic nitrogens is 1. The summed E-state index contributed by atoms with van der Waals surface area (Å²) in [4.78, 5) is 4.69. The summed E-state index contributed by atoms with van der Waals surface area (Å²) in [5.41, 5.74) is 1.32. The highest BCUT2D eigenvalue weighted by atomic mass is 79.9. The van der Waals surface area contributed by atoms with Crippen molar-refractivity contribution < 1.29 is 0 Å². The zero-order chi connectivity index (χ0) is 12.6. The quantitative estimate of drug-likeness (QED) is 0.821. The first kappa shape index (κ1) is 12.4. The van der Waals surface area contributed by atoms with E-state index in [0.29, 0.717) is 0 Å². The number of hydrogen-bond acceptors (Lipinski definition) is 3. The van der Waals surface area contributed by atoms with Gasteiger partial charge in [-0.25, -0.2) is 4.98 Å². The Labute approximate surface area is 120 Å². The van der Waals surface area contributed by atoms with E-state index in [-0.39, 0.29) is 5.54 Å². The van der Waals surface area contributed by atoms with Gasteiger partial charge in [0.2, 0.25) is 0 Å². The van der Waals surface area contributed by atoms with Crippen molar-refractivity contribution >= 4 is 42.6 Å². The maximum absolute atomic E-state index is 4.69. The average Bonchev–Trinajstić information content (AvgIpc) is 2.70. The Bertz CT molecular complexity index is 558. The lowest BCUT2D eigenvalue weighted by atomic mass is 9.83. The number of benzene rings is 1. The van der Waals surface area contributed by atoms with Gasteiger partial charge in [0.15, 0.2) is 5.13 Å². The van der Waals surface area contributed by atoms with Crippen LogP contribution in [0.4, 0.5) is 5.13 Å². The van der Waals surface area contributed by atoms with Gasteiger partial charge in [-0.2, -0.15) is 0 Å². The van der Waals surface area contributed by atoms with Gasteiger partial charge < -0.3 is 5.32 Å². The van der Waals surface area contributed by atoms with Gasteiger partial charge in [0, 0.05) is 10.0 Å². The zero-order valence-corrected chi connectivity index (χ0v) is 12.9. The second-order valence-electron chi connectivity index (χ2n) is 5.38. The van der Waals surface area contributed by atoms with Crippen LogP contribution in [-0.4, -0.2) is 10.5 Å². The molecule has 1 fully saturated rings. The molecule has 0 saturated heterocycles. The van der Waals surface area contributed by atoms with E-state index in [1.807, 2.05) is 0 Å². The van der Waals surface area contributed by atoms with Gasteiger partial charge in [-0.3, -0.25) is 0 Å². The van der Waals surface area contributed by atoms with Crippen LogP contribution in [0.25, 0.3) is 10.2 Å². The van der Waals surface area contributed by atoms with Crippen molar-refractivity contribution in [1.29, 1.82) is 0 Å². The normalized spacial score (nSPS) is 19.0. The summed E-state index contributed by atoms with van der Waals surface area (Å²) in [7, 11) is 0. The molecule has 2 aromatic rings. The molecule has 0 aliphatic heterocycles. The smallest absolute Gasteiger partial charge is 0.184 e. The number of rotatable bonds is 2. The second-order valence-corrected chi connectivity index (χ2v) is 7.32. The number of nitrogens with zero attached hydrogens (tertiary/aromatic N) is 1. The molecule has 96 valence electrons. The molecule has 1 heterocycles. The fourth-order valence-corrected chi connectivity index (χ4v) is 4.01. The molecule has 0 spiro atoms. The molecule has 1 aromatic heterocycles. The molecule has 18 heavy (non-hydrogen) atoms. The van der Waals surface area contributed by atoms with E-state index in [2.05, 4.69) is 46.4 Å². The van der Waals surface area contributed by atoms with E-state index in [1.165, 1.54) is 36.8 Å². The summed E-state index contributed by atoms with van der Waals surface area (Å²) in [5, 5.41) is 4.72. The Morgan fingerprint density at radius 2 is 2.06 bits per heavy atom. The maximum Gasteiger partial charge on any atom is 0.184 e. The second kappa shape index (κ2) is 4.82. The number of thiazole rings is 1. The summed E-state index contributed by atoms with van der Waals surface area (Å²) >= 11 is 5.25.